The average molecular weight is 296 g/mol. The molecular formula is C15H24N2O2S. The Hall–Kier alpha value is -1.49. The Bertz CT molecular complexity index is 449. The first-order chi connectivity index (χ1) is 9.47. The van der Waals surface area contributed by atoms with Gasteiger partial charge in [0.2, 0.25) is 0 Å². The highest BCUT2D eigenvalue weighted by atomic mass is 32.1. The number of nitrogens with zero attached hydrogens (tertiary/aromatic N) is 1. The lowest BCUT2D eigenvalue weighted by Crippen LogP contribution is -2.41. The van der Waals surface area contributed by atoms with Crippen molar-refractivity contribution >= 4 is 17.3 Å². The van der Waals surface area contributed by atoms with E-state index in [9.17, 15) is 0 Å². The van der Waals surface area contributed by atoms with Crippen molar-refractivity contribution in [1.82, 2.24) is 10.2 Å². The second-order valence-electron chi connectivity index (χ2n) is 4.97. The molecule has 0 heterocycles. The molecule has 1 aromatic carbocycles. The third-order valence-corrected chi connectivity index (χ3v) is 3.37. The SMILES string of the molecule is COc1ccc(CCN(C)C(=S)NC(C)C)cc1OC. The molecule has 0 bridgehead atoms. The minimum Gasteiger partial charge on any atom is -0.493 e. The van der Waals surface area contributed by atoms with E-state index in [-0.39, 0.29) is 0 Å². The van der Waals surface area contributed by atoms with Crippen LogP contribution in [0.25, 0.3) is 0 Å². The molecule has 0 aliphatic carbocycles. The lowest BCUT2D eigenvalue weighted by molar-refractivity contribution is 0.354. The van der Waals surface area contributed by atoms with E-state index in [1.54, 1.807) is 14.2 Å². The Morgan fingerprint density at radius 1 is 1.25 bits per heavy atom. The summed E-state index contributed by atoms with van der Waals surface area (Å²) in [6.45, 7) is 5.01. The fraction of sp³-hybridized carbons (Fsp3) is 0.533. The number of likely N-dealkylation sites (N-methyl/N-ethyl adjacent to an activating group) is 1. The molecule has 0 fully saturated rings. The standard InChI is InChI=1S/C15H24N2O2S/c1-11(2)16-15(20)17(3)9-8-12-6-7-13(18-4)14(10-12)19-5/h6-7,10-11H,8-9H2,1-5H3,(H,16,20). The second-order valence-corrected chi connectivity index (χ2v) is 5.35. The van der Waals surface area contributed by atoms with Crippen LogP contribution in [-0.2, 0) is 6.42 Å². The van der Waals surface area contributed by atoms with E-state index in [1.807, 2.05) is 30.1 Å². The first-order valence-electron chi connectivity index (χ1n) is 6.70. The quantitative estimate of drug-likeness (QED) is 0.816. The highest BCUT2D eigenvalue weighted by Crippen LogP contribution is 2.27. The number of ether oxygens (including phenoxy) is 2. The molecule has 112 valence electrons. The third-order valence-electron chi connectivity index (χ3n) is 2.94. The van der Waals surface area contributed by atoms with E-state index >= 15 is 0 Å². The summed E-state index contributed by atoms with van der Waals surface area (Å²) in [6, 6.07) is 6.34. The molecule has 4 nitrogen and oxygen atoms in total. The molecule has 1 aromatic rings. The van der Waals surface area contributed by atoms with Crippen LogP contribution < -0.4 is 14.8 Å². The number of nitrogens with one attached hydrogen (secondary N) is 1. The number of hydrogen-bond acceptors (Lipinski definition) is 3. The monoisotopic (exact) mass is 296 g/mol. The van der Waals surface area contributed by atoms with Crippen LogP contribution in [0.3, 0.4) is 0 Å². The minimum atomic E-state index is 0.353. The number of hydrogen-bond donors (Lipinski definition) is 1. The van der Waals surface area contributed by atoms with Gasteiger partial charge in [-0.1, -0.05) is 6.07 Å². The van der Waals surface area contributed by atoms with Crippen LogP contribution in [0.5, 0.6) is 11.5 Å². The van der Waals surface area contributed by atoms with Crippen LogP contribution >= 0.6 is 12.2 Å². The molecule has 0 unspecified atom stereocenters. The molecule has 1 N–H and O–H groups in total. The van der Waals surface area contributed by atoms with E-state index in [0.717, 1.165) is 29.6 Å². The van der Waals surface area contributed by atoms with E-state index in [4.69, 9.17) is 21.7 Å². The van der Waals surface area contributed by atoms with Gasteiger partial charge in [-0.15, -0.1) is 0 Å². The van der Waals surface area contributed by atoms with Crippen molar-refractivity contribution < 1.29 is 9.47 Å². The predicted octanol–water partition coefficient (Wildman–Crippen LogP) is 2.46. The smallest absolute Gasteiger partial charge is 0.168 e. The van der Waals surface area contributed by atoms with Gasteiger partial charge in [-0.3, -0.25) is 0 Å². The summed E-state index contributed by atoms with van der Waals surface area (Å²) < 4.78 is 10.5. The second kappa shape index (κ2) is 7.94. The highest BCUT2D eigenvalue weighted by Gasteiger charge is 2.08. The minimum absolute atomic E-state index is 0.353. The fourth-order valence-corrected chi connectivity index (χ4v) is 2.12. The molecule has 0 aliphatic heterocycles. The van der Waals surface area contributed by atoms with Crippen molar-refractivity contribution in [3.05, 3.63) is 23.8 Å². The maximum absolute atomic E-state index is 5.33. The normalized spacial score (nSPS) is 10.3. The fourth-order valence-electron chi connectivity index (χ4n) is 1.79. The molecule has 20 heavy (non-hydrogen) atoms. The first kappa shape index (κ1) is 16.6. The van der Waals surface area contributed by atoms with Gasteiger partial charge in [0.25, 0.3) is 0 Å². The van der Waals surface area contributed by atoms with E-state index in [1.165, 1.54) is 5.56 Å². The molecular weight excluding hydrogens is 272 g/mol. The van der Waals surface area contributed by atoms with Crippen LogP contribution in [0.15, 0.2) is 18.2 Å². The van der Waals surface area contributed by atoms with Crippen molar-refractivity contribution in [2.24, 2.45) is 0 Å². The molecule has 0 radical (unpaired) electrons. The van der Waals surface area contributed by atoms with Gasteiger partial charge in [0.05, 0.1) is 14.2 Å². The Morgan fingerprint density at radius 2 is 1.90 bits per heavy atom. The molecule has 0 spiro atoms. The maximum atomic E-state index is 5.33. The van der Waals surface area contributed by atoms with E-state index in [0.29, 0.717) is 6.04 Å². The Labute approximate surface area is 127 Å². The topological polar surface area (TPSA) is 33.7 Å². The molecule has 1 rings (SSSR count). The number of thiocarbonyl (C=S) groups is 1. The molecule has 0 aromatic heterocycles. The molecule has 0 saturated heterocycles. The largest absolute Gasteiger partial charge is 0.493 e. The van der Waals surface area contributed by atoms with E-state index in [2.05, 4.69) is 19.2 Å². The highest BCUT2D eigenvalue weighted by molar-refractivity contribution is 7.80. The third kappa shape index (κ3) is 4.89. The van der Waals surface area contributed by atoms with Crippen molar-refractivity contribution in [3.8, 4) is 11.5 Å². The lowest BCUT2D eigenvalue weighted by Gasteiger charge is -2.23. The van der Waals surface area contributed by atoms with Crippen molar-refractivity contribution in [2.45, 2.75) is 26.3 Å². The van der Waals surface area contributed by atoms with Gasteiger partial charge in [0.1, 0.15) is 0 Å². The van der Waals surface area contributed by atoms with Crippen LogP contribution in [0.4, 0.5) is 0 Å². The van der Waals surface area contributed by atoms with Crippen molar-refractivity contribution in [1.29, 1.82) is 0 Å². The summed E-state index contributed by atoms with van der Waals surface area (Å²) in [5, 5.41) is 4.01. The Balaban J connectivity index is 2.59. The number of methoxy groups -OCH3 is 2. The maximum Gasteiger partial charge on any atom is 0.168 e. The Morgan fingerprint density at radius 3 is 2.45 bits per heavy atom. The van der Waals surface area contributed by atoms with Crippen LogP contribution in [0, 0.1) is 0 Å². The molecule has 0 aliphatic rings. The zero-order valence-corrected chi connectivity index (χ0v) is 13.7. The van der Waals surface area contributed by atoms with Gasteiger partial charge >= 0.3 is 0 Å². The summed E-state index contributed by atoms with van der Waals surface area (Å²) in [7, 11) is 5.29. The van der Waals surface area contributed by atoms with Crippen LogP contribution in [0.2, 0.25) is 0 Å². The van der Waals surface area contributed by atoms with Crippen LogP contribution in [-0.4, -0.2) is 43.9 Å². The number of benzene rings is 1. The lowest BCUT2D eigenvalue weighted by atomic mass is 10.1. The van der Waals surface area contributed by atoms with Gasteiger partial charge < -0.3 is 19.7 Å². The molecule has 5 heteroatoms. The van der Waals surface area contributed by atoms with Gasteiger partial charge in [-0.25, -0.2) is 0 Å². The van der Waals surface area contributed by atoms with Crippen LogP contribution in [0.1, 0.15) is 19.4 Å². The number of rotatable bonds is 6. The summed E-state index contributed by atoms with van der Waals surface area (Å²) in [5.74, 6) is 1.51. The Kier molecular flexibility index (Phi) is 6.58. The van der Waals surface area contributed by atoms with Gasteiger partial charge in [0, 0.05) is 19.6 Å². The van der Waals surface area contributed by atoms with Crippen molar-refractivity contribution in [3.63, 3.8) is 0 Å². The first-order valence-corrected chi connectivity index (χ1v) is 7.11. The summed E-state index contributed by atoms with van der Waals surface area (Å²) in [4.78, 5) is 2.05. The zero-order valence-electron chi connectivity index (χ0n) is 12.9. The molecule has 0 saturated carbocycles. The predicted molar refractivity (Wildman–Crippen MR) is 86.7 cm³/mol. The van der Waals surface area contributed by atoms with Gasteiger partial charge in [0.15, 0.2) is 16.6 Å². The van der Waals surface area contributed by atoms with Crippen molar-refractivity contribution in [2.75, 3.05) is 27.8 Å². The summed E-state index contributed by atoms with van der Waals surface area (Å²) >= 11 is 5.33. The van der Waals surface area contributed by atoms with E-state index < -0.39 is 0 Å². The van der Waals surface area contributed by atoms with Gasteiger partial charge in [-0.05, 0) is 50.2 Å². The summed E-state index contributed by atoms with van der Waals surface area (Å²) in [5.41, 5.74) is 1.20. The molecule has 0 amide bonds. The molecule has 0 atom stereocenters. The van der Waals surface area contributed by atoms with Gasteiger partial charge in [-0.2, -0.15) is 0 Å². The summed E-state index contributed by atoms with van der Waals surface area (Å²) in [6.07, 6.45) is 0.900. The zero-order chi connectivity index (χ0) is 15.1. The average Bonchev–Trinajstić information content (AvgIpc) is 2.43.